The second-order valence-electron chi connectivity index (χ2n) is 7.25. The number of benzene rings is 1. The first kappa shape index (κ1) is 16.8. The number of pyridine rings is 2. The van der Waals surface area contributed by atoms with Crippen LogP contribution in [-0.2, 0) is 7.05 Å². The number of rotatable bonds is 5. The maximum Gasteiger partial charge on any atom is 0.217 e. The molecule has 134 valence electrons. The van der Waals surface area contributed by atoms with E-state index in [0.717, 1.165) is 25.3 Å². The summed E-state index contributed by atoms with van der Waals surface area (Å²) in [6.45, 7) is 4.24. The molecule has 3 heterocycles. The molecule has 0 fully saturated rings. The van der Waals surface area contributed by atoms with E-state index < -0.39 is 0 Å². The highest BCUT2D eigenvalue weighted by Crippen LogP contribution is 2.33. The van der Waals surface area contributed by atoms with E-state index in [4.69, 9.17) is 0 Å². The van der Waals surface area contributed by atoms with Gasteiger partial charge in [-0.2, -0.15) is 4.57 Å². The number of fused-ring (bicyclic) bond motifs is 4. The van der Waals surface area contributed by atoms with Crippen LogP contribution in [0.1, 0.15) is 12.0 Å². The maximum absolute atomic E-state index is 4.34. The predicted octanol–water partition coefficient (Wildman–Crippen LogP) is 3.37. The molecule has 0 amide bonds. The quantitative estimate of drug-likeness (QED) is 0.429. The van der Waals surface area contributed by atoms with Crippen molar-refractivity contribution < 1.29 is 4.57 Å². The highest BCUT2D eigenvalue weighted by Gasteiger charge is 2.21. The normalized spacial score (nSPS) is 11.9. The van der Waals surface area contributed by atoms with Gasteiger partial charge in [0, 0.05) is 42.2 Å². The summed E-state index contributed by atoms with van der Waals surface area (Å²) in [7, 11) is 6.36. The van der Waals surface area contributed by atoms with Crippen LogP contribution in [-0.4, -0.2) is 42.1 Å². The van der Waals surface area contributed by atoms with E-state index in [2.05, 4.69) is 71.0 Å². The lowest BCUT2D eigenvalue weighted by Gasteiger charge is -2.13. The minimum Gasteiger partial charge on any atom is -0.371 e. The van der Waals surface area contributed by atoms with E-state index in [1.807, 2.05) is 18.6 Å². The molecule has 3 aromatic heterocycles. The molecule has 4 rings (SSSR count). The number of aromatic nitrogens is 3. The van der Waals surface area contributed by atoms with Crippen molar-refractivity contribution in [3.63, 3.8) is 0 Å². The van der Waals surface area contributed by atoms with Crippen molar-refractivity contribution in [1.29, 1.82) is 0 Å². The molecule has 0 aliphatic rings. The van der Waals surface area contributed by atoms with Crippen molar-refractivity contribution in [3.05, 3.63) is 42.4 Å². The smallest absolute Gasteiger partial charge is 0.217 e. The maximum atomic E-state index is 4.34. The Labute approximate surface area is 153 Å². The van der Waals surface area contributed by atoms with Crippen LogP contribution < -0.4 is 9.88 Å². The number of hydrogen-bond donors (Lipinski definition) is 2. The summed E-state index contributed by atoms with van der Waals surface area (Å²) in [5, 5.41) is 8.57. The van der Waals surface area contributed by atoms with E-state index in [9.17, 15) is 0 Å². The third-order valence-corrected chi connectivity index (χ3v) is 5.21. The van der Waals surface area contributed by atoms with Crippen LogP contribution in [0.15, 0.2) is 36.8 Å². The molecule has 0 unspecified atom stereocenters. The Morgan fingerprint density at radius 1 is 1.15 bits per heavy atom. The van der Waals surface area contributed by atoms with Gasteiger partial charge < -0.3 is 15.2 Å². The molecule has 5 heteroatoms. The zero-order valence-corrected chi connectivity index (χ0v) is 15.9. The molecule has 0 aliphatic carbocycles. The number of H-pyrrole nitrogens is 1. The average molecular weight is 348 g/mol. The van der Waals surface area contributed by atoms with Gasteiger partial charge in [0.2, 0.25) is 11.0 Å². The summed E-state index contributed by atoms with van der Waals surface area (Å²) in [6, 6.07) is 6.56. The number of nitrogens with zero attached hydrogens (tertiary/aromatic N) is 3. The van der Waals surface area contributed by atoms with Crippen LogP contribution in [0.5, 0.6) is 0 Å². The molecule has 0 saturated heterocycles. The van der Waals surface area contributed by atoms with Crippen LogP contribution in [0.4, 0.5) is 5.82 Å². The van der Waals surface area contributed by atoms with Crippen LogP contribution in [0.3, 0.4) is 0 Å². The Bertz CT molecular complexity index is 1090. The SMILES string of the molecule is Cc1c2cc[nH]c(NCCCN(C)C)c2cc2c3cnccc3[n+](C)c12. The Morgan fingerprint density at radius 2 is 2.00 bits per heavy atom. The summed E-state index contributed by atoms with van der Waals surface area (Å²) >= 11 is 0. The van der Waals surface area contributed by atoms with E-state index in [1.54, 1.807) is 0 Å². The van der Waals surface area contributed by atoms with Gasteiger partial charge in [0.25, 0.3) is 0 Å². The second-order valence-corrected chi connectivity index (χ2v) is 7.25. The molecular formula is C21H26N5+. The zero-order chi connectivity index (χ0) is 18.3. The molecule has 5 nitrogen and oxygen atoms in total. The first-order valence-electron chi connectivity index (χ1n) is 9.12. The Hall–Kier alpha value is -2.66. The molecule has 4 aromatic rings. The third-order valence-electron chi connectivity index (χ3n) is 5.21. The monoisotopic (exact) mass is 348 g/mol. The van der Waals surface area contributed by atoms with Gasteiger partial charge >= 0.3 is 0 Å². The molecule has 0 bridgehead atoms. The molecule has 1 aromatic carbocycles. The lowest BCUT2D eigenvalue weighted by molar-refractivity contribution is -0.616. The number of nitrogens with one attached hydrogen (secondary N) is 2. The largest absolute Gasteiger partial charge is 0.371 e. The third kappa shape index (κ3) is 2.69. The second kappa shape index (κ2) is 6.57. The Morgan fingerprint density at radius 3 is 2.81 bits per heavy atom. The zero-order valence-electron chi connectivity index (χ0n) is 15.9. The van der Waals surface area contributed by atoms with E-state index in [-0.39, 0.29) is 0 Å². The molecule has 26 heavy (non-hydrogen) atoms. The van der Waals surface area contributed by atoms with Crippen LogP contribution in [0, 0.1) is 6.92 Å². The van der Waals surface area contributed by atoms with Crippen LogP contribution >= 0.6 is 0 Å². The summed E-state index contributed by atoms with van der Waals surface area (Å²) in [5.74, 6) is 1.09. The van der Waals surface area contributed by atoms with Gasteiger partial charge in [-0.1, -0.05) is 0 Å². The van der Waals surface area contributed by atoms with Gasteiger partial charge in [-0.3, -0.25) is 4.98 Å². The summed E-state index contributed by atoms with van der Waals surface area (Å²) in [6.07, 6.45) is 6.97. The number of aromatic amines is 1. The van der Waals surface area contributed by atoms with Crippen molar-refractivity contribution in [2.45, 2.75) is 13.3 Å². The van der Waals surface area contributed by atoms with Crippen molar-refractivity contribution in [2.24, 2.45) is 7.05 Å². The van der Waals surface area contributed by atoms with Crippen LogP contribution in [0.25, 0.3) is 32.6 Å². The number of hydrogen-bond acceptors (Lipinski definition) is 3. The summed E-state index contributed by atoms with van der Waals surface area (Å²) in [5.41, 5.74) is 3.81. The first-order valence-corrected chi connectivity index (χ1v) is 9.12. The number of anilines is 1. The standard InChI is InChI=1S/C21H25N5/c1-14-15-6-10-24-21(23-8-5-11-25(2)3)17(15)12-16-18-13-22-9-7-19(18)26(4)20(14)16/h6-7,9-10,12-13H,5,8,11H2,1-4H3,(H,23,24)/p+1. The van der Waals surface area contributed by atoms with Crippen LogP contribution in [0.2, 0.25) is 0 Å². The average Bonchev–Trinajstić information content (AvgIpc) is 2.92. The Kier molecular flexibility index (Phi) is 4.24. The van der Waals surface area contributed by atoms with E-state index >= 15 is 0 Å². The fourth-order valence-electron chi connectivity index (χ4n) is 3.93. The van der Waals surface area contributed by atoms with Crippen molar-refractivity contribution in [2.75, 3.05) is 32.5 Å². The van der Waals surface area contributed by atoms with Crippen molar-refractivity contribution in [3.8, 4) is 0 Å². The molecular weight excluding hydrogens is 322 g/mol. The topological polar surface area (TPSA) is 47.8 Å². The number of aryl methyl sites for hydroxylation is 2. The van der Waals surface area contributed by atoms with Gasteiger partial charge in [0.05, 0.1) is 10.8 Å². The molecule has 0 spiro atoms. The first-order chi connectivity index (χ1) is 12.6. The predicted molar refractivity (Wildman–Crippen MR) is 109 cm³/mol. The fraction of sp³-hybridized carbons (Fsp3) is 0.333. The van der Waals surface area contributed by atoms with Gasteiger partial charge in [0.15, 0.2) is 0 Å². The van der Waals surface area contributed by atoms with Crippen molar-refractivity contribution in [1.82, 2.24) is 14.9 Å². The van der Waals surface area contributed by atoms with Gasteiger partial charge in [-0.15, -0.1) is 0 Å². The minimum atomic E-state index is 0.946. The van der Waals surface area contributed by atoms with Crippen molar-refractivity contribution >= 4 is 38.4 Å². The molecule has 0 atom stereocenters. The minimum absolute atomic E-state index is 0.946. The lowest BCUT2D eigenvalue weighted by Crippen LogP contribution is -2.27. The summed E-state index contributed by atoms with van der Waals surface area (Å²) in [4.78, 5) is 9.96. The van der Waals surface area contributed by atoms with E-state index in [0.29, 0.717) is 0 Å². The van der Waals surface area contributed by atoms with Gasteiger partial charge in [0.1, 0.15) is 12.9 Å². The molecule has 2 N–H and O–H groups in total. The molecule has 0 radical (unpaired) electrons. The lowest BCUT2D eigenvalue weighted by atomic mass is 10.0. The van der Waals surface area contributed by atoms with Gasteiger partial charge in [-0.25, -0.2) is 0 Å². The summed E-state index contributed by atoms with van der Waals surface area (Å²) < 4.78 is 2.28. The molecule has 0 saturated carbocycles. The highest BCUT2D eigenvalue weighted by atomic mass is 15.1. The highest BCUT2D eigenvalue weighted by molar-refractivity contribution is 6.12. The van der Waals surface area contributed by atoms with Gasteiger partial charge in [-0.05, 0) is 51.5 Å². The Balaban J connectivity index is 1.87. The van der Waals surface area contributed by atoms with E-state index in [1.165, 1.54) is 38.1 Å². The molecule has 0 aliphatic heterocycles. The fourth-order valence-corrected chi connectivity index (χ4v) is 3.93.